The standard InChI is InChI=1S/C37H42BrN3O5S2/c1-5-46-32-16-14-31(15-17-32)41(48(44,45)34-20-18-33(47-4)19-21-34)26-36(42)40(25-29-12-9-13-30(38)22-29)35(37(43)39-24-27(2)3)23-28-10-7-6-8-11-28/h6-22,27,35H,5,23-26H2,1-4H3,(H,39,43)/t35-/m0/s1. The van der Waals surface area contributed by atoms with Crippen molar-refractivity contribution in [2.45, 2.75) is 49.6 Å². The smallest absolute Gasteiger partial charge is 0.264 e. The highest BCUT2D eigenvalue weighted by Gasteiger charge is 2.34. The fourth-order valence-electron chi connectivity index (χ4n) is 5.09. The van der Waals surface area contributed by atoms with E-state index in [4.69, 9.17) is 4.74 Å². The molecule has 2 amide bonds. The van der Waals surface area contributed by atoms with E-state index in [0.717, 1.165) is 24.8 Å². The summed E-state index contributed by atoms with van der Waals surface area (Å²) in [5.74, 6) is -0.0542. The fourth-order valence-corrected chi connectivity index (χ4v) is 7.36. The largest absolute Gasteiger partial charge is 0.494 e. The summed E-state index contributed by atoms with van der Waals surface area (Å²) in [7, 11) is -4.21. The molecular weight excluding hydrogens is 710 g/mol. The van der Waals surface area contributed by atoms with Gasteiger partial charge in [0, 0.05) is 28.9 Å². The SMILES string of the molecule is CCOc1ccc(N(CC(=O)N(Cc2cccc(Br)c2)[C@@H](Cc2ccccc2)C(=O)NCC(C)C)S(=O)(=O)c2ccc(SC)cc2)cc1. The second kappa shape index (κ2) is 17.6. The number of nitrogens with zero attached hydrogens (tertiary/aromatic N) is 2. The van der Waals surface area contributed by atoms with E-state index in [1.165, 1.54) is 16.7 Å². The van der Waals surface area contributed by atoms with Crippen molar-refractivity contribution in [1.29, 1.82) is 0 Å². The summed E-state index contributed by atoms with van der Waals surface area (Å²) in [5.41, 5.74) is 1.96. The number of hydrogen-bond donors (Lipinski definition) is 1. The predicted octanol–water partition coefficient (Wildman–Crippen LogP) is 7.18. The molecule has 4 aromatic rings. The van der Waals surface area contributed by atoms with Crippen molar-refractivity contribution in [1.82, 2.24) is 10.2 Å². The Labute approximate surface area is 297 Å². The number of hydrogen-bond acceptors (Lipinski definition) is 6. The number of thioether (sulfide) groups is 1. The first kappa shape index (κ1) is 37.0. The normalized spacial score (nSPS) is 12.0. The molecule has 0 bridgehead atoms. The van der Waals surface area contributed by atoms with Crippen LogP contribution in [-0.2, 0) is 32.6 Å². The van der Waals surface area contributed by atoms with Gasteiger partial charge in [-0.05, 0) is 90.9 Å². The Hall–Kier alpha value is -3.80. The second-order valence-corrected chi connectivity index (χ2v) is 15.3. The van der Waals surface area contributed by atoms with Crippen LogP contribution in [0.1, 0.15) is 31.9 Å². The minimum absolute atomic E-state index is 0.0519. The van der Waals surface area contributed by atoms with Crippen LogP contribution < -0.4 is 14.4 Å². The Kier molecular flexibility index (Phi) is 13.5. The molecule has 11 heteroatoms. The third kappa shape index (κ3) is 10.1. The number of amides is 2. The maximum absolute atomic E-state index is 14.6. The van der Waals surface area contributed by atoms with Crippen LogP contribution in [0.3, 0.4) is 0 Å². The van der Waals surface area contributed by atoms with Crippen molar-refractivity contribution < 1.29 is 22.7 Å². The average molecular weight is 753 g/mol. The Morgan fingerprint density at radius 1 is 0.896 bits per heavy atom. The molecule has 4 aromatic carbocycles. The summed E-state index contributed by atoms with van der Waals surface area (Å²) in [5, 5.41) is 3.02. The van der Waals surface area contributed by atoms with Gasteiger partial charge in [0.15, 0.2) is 0 Å². The number of anilines is 1. The Bertz CT molecular complexity index is 1750. The lowest BCUT2D eigenvalue weighted by Gasteiger charge is -2.34. The first-order chi connectivity index (χ1) is 23.0. The van der Waals surface area contributed by atoms with Gasteiger partial charge in [-0.15, -0.1) is 11.8 Å². The maximum Gasteiger partial charge on any atom is 0.264 e. The van der Waals surface area contributed by atoms with Crippen molar-refractivity contribution in [2.24, 2.45) is 5.92 Å². The molecule has 48 heavy (non-hydrogen) atoms. The molecule has 4 rings (SSSR count). The zero-order chi connectivity index (χ0) is 34.7. The number of benzene rings is 4. The van der Waals surface area contributed by atoms with Crippen LogP contribution in [0.5, 0.6) is 5.75 Å². The summed E-state index contributed by atoms with van der Waals surface area (Å²) >= 11 is 5.02. The molecule has 0 fully saturated rings. The molecule has 0 radical (unpaired) electrons. The highest BCUT2D eigenvalue weighted by Crippen LogP contribution is 2.28. The van der Waals surface area contributed by atoms with E-state index in [1.807, 2.05) is 81.6 Å². The summed E-state index contributed by atoms with van der Waals surface area (Å²) in [6.07, 6.45) is 2.16. The zero-order valence-electron chi connectivity index (χ0n) is 27.6. The number of ether oxygens (including phenoxy) is 1. The van der Waals surface area contributed by atoms with Crippen LogP contribution in [0.2, 0.25) is 0 Å². The molecule has 0 saturated heterocycles. The second-order valence-electron chi connectivity index (χ2n) is 11.6. The number of sulfonamides is 1. The van der Waals surface area contributed by atoms with Gasteiger partial charge in [-0.1, -0.05) is 72.2 Å². The van der Waals surface area contributed by atoms with Crippen molar-refractivity contribution in [2.75, 3.05) is 30.3 Å². The van der Waals surface area contributed by atoms with E-state index < -0.39 is 28.5 Å². The average Bonchev–Trinajstić information content (AvgIpc) is 3.08. The zero-order valence-corrected chi connectivity index (χ0v) is 30.9. The van der Waals surface area contributed by atoms with Crippen LogP contribution in [0.4, 0.5) is 5.69 Å². The molecular formula is C37H42BrN3O5S2. The van der Waals surface area contributed by atoms with Crippen LogP contribution in [0.25, 0.3) is 0 Å². The third-order valence-corrected chi connectivity index (χ3v) is 10.6. The van der Waals surface area contributed by atoms with Gasteiger partial charge < -0.3 is 15.0 Å². The Morgan fingerprint density at radius 2 is 1.56 bits per heavy atom. The molecule has 8 nitrogen and oxygen atoms in total. The lowest BCUT2D eigenvalue weighted by Crippen LogP contribution is -2.53. The molecule has 0 aliphatic rings. The van der Waals surface area contributed by atoms with E-state index >= 15 is 0 Å². The van der Waals surface area contributed by atoms with Crippen molar-refractivity contribution in [3.63, 3.8) is 0 Å². The topological polar surface area (TPSA) is 96.0 Å². The Morgan fingerprint density at radius 3 is 2.17 bits per heavy atom. The highest BCUT2D eigenvalue weighted by atomic mass is 79.9. The molecule has 254 valence electrons. The van der Waals surface area contributed by atoms with Crippen molar-refractivity contribution in [3.05, 3.63) is 119 Å². The molecule has 1 atom stereocenters. The van der Waals surface area contributed by atoms with Gasteiger partial charge in [-0.3, -0.25) is 13.9 Å². The molecule has 1 N–H and O–H groups in total. The molecule has 0 aliphatic heterocycles. The Balaban J connectivity index is 1.80. The van der Waals surface area contributed by atoms with E-state index in [2.05, 4.69) is 21.2 Å². The summed E-state index contributed by atoms with van der Waals surface area (Å²) in [6.45, 7) is 6.31. The summed E-state index contributed by atoms with van der Waals surface area (Å²) in [4.78, 5) is 31.0. The summed E-state index contributed by atoms with van der Waals surface area (Å²) < 4.78 is 36.1. The van der Waals surface area contributed by atoms with Gasteiger partial charge in [0.1, 0.15) is 18.3 Å². The van der Waals surface area contributed by atoms with Gasteiger partial charge in [0.2, 0.25) is 11.8 Å². The third-order valence-electron chi connectivity index (χ3n) is 7.56. The van der Waals surface area contributed by atoms with Gasteiger partial charge in [-0.2, -0.15) is 0 Å². The van der Waals surface area contributed by atoms with E-state index in [-0.39, 0.29) is 29.7 Å². The van der Waals surface area contributed by atoms with Gasteiger partial charge in [-0.25, -0.2) is 8.42 Å². The fraction of sp³-hybridized carbons (Fsp3) is 0.297. The van der Waals surface area contributed by atoms with Gasteiger partial charge in [0.05, 0.1) is 17.2 Å². The minimum Gasteiger partial charge on any atom is -0.494 e. The molecule has 0 heterocycles. The maximum atomic E-state index is 14.6. The number of halogens is 1. The molecule has 0 spiro atoms. The van der Waals surface area contributed by atoms with Crippen LogP contribution in [-0.4, -0.2) is 57.1 Å². The van der Waals surface area contributed by atoms with Crippen LogP contribution >= 0.6 is 27.7 Å². The molecule has 0 aromatic heterocycles. The highest BCUT2D eigenvalue weighted by molar-refractivity contribution is 9.10. The number of carbonyl (C=O) groups excluding carboxylic acids is 2. The summed E-state index contributed by atoms with van der Waals surface area (Å²) in [6, 6.07) is 29.3. The number of carbonyl (C=O) groups is 2. The van der Waals surface area contributed by atoms with Crippen LogP contribution in [0.15, 0.2) is 117 Å². The lowest BCUT2D eigenvalue weighted by atomic mass is 10.0. The minimum atomic E-state index is -4.21. The van der Waals surface area contributed by atoms with Crippen molar-refractivity contribution >= 4 is 55.2 Å². The first-order valence-corrected chi connectivity index (χ1v) is 19.2. The van der Waals surface area contributed by atoms with Crippen LogP contribution in [0, 0.1) is 5.92 Å². The lowest BCUT2D eigenvalue weighted by molar-refractivity contribution is -0.140. The van der Waals surface area contributed by atoms with Crippen molar-refractivity contribution in [3.8, 4) is 5.75 Å². The van der Waals surface area contributed by atoms with E-state index in [9.17, 15) is 18.0 Å². The van der Waals surface area contributed by atoms with E-state index in [0.29, 0.717) is 24.6 Å². The predicted molar refractivity (Wildman–Crippen MR) is 197 cm³/mol. The molecule has 0 aliphatic carbocycles. The quantitative estimate of drug-likeness (QED) is 0.122. The molecule has 0 saturated carbocycles. The van der Waals surface area contributed by atoms with E-state index in [1.54, 1.807) is 48.5 Å². The number of rotatable bonds is 16. The molecule has 0 unspecified atom stereocenters. The number of nitrogens with one attached hydrogen (secondary N) is 1. The first-order valence-electron chi connectivity index (χ1n) is 15.8. The van der Waals surface area contributed by atoms with Gasteiger partial charge in [0.25, 0.3) is 10.0 Å². The van der Waals surface area contributed by atoms with Gasteiger partial charge >= 0.3 is 0 Å². The monoisotopic (exact) mass is 751 g/mol.